The van der Waals surface area contributed by atoms with Gasteiger partial charge >= 0.3 is 23.8 Å². The first kappa shape index (κ1) is 42.7. The Labute approximate surface area is 322 Å². The maximum atomic E-state index is 13.4. The molecule has 0 unspecified atom stereocenters. The first-order valence-electron chi connectivity index (χ1n) is 16.6. The average molecular weight is 771 g/mol. The largest absolute Gasteiger partial charge is 0.467 e. The molecule has 0 aliphatic carbocycles. The maximum absolute atomic E-state index is 13.4. The van der Waals surface area contributed by atoms with Gasteiger partial charge in [0.1, 0.15) is 12.1 Å². The minimum atomic E-state index is -1.28. The number of amides is 4. The van der Waals surface area contributed by atoms with Gasteiger partial charge in [-0.3, -0.25) is 28.8 Å². The van der Waals surface area contributed by atoms with Gasteiger partial charge < -0.3 is 30.7 Å². The predicted molar refractivity (Wildman–Crippen MR) is 204 cm³/mol. The third-order valence-corrected chi connectivity index (χ3v) is 8.10. The molecule has 4 amide bonds. The number of benzene rings is 4. The third-order valence-electron chi connectivity index (χ3n) is 8.10. The third kappa shape index (κ3) is 11.7. The minimum Gasteiger partial charge on any atom is -0.467 e. The van der Waals surface area contributed by atoms with Crippen LogP contribution in [0.3, 0.4) is 0 Å². The van der Waals surface area contributed by atoms with Crippen molar-refractivity contribution in [3.63, 3.8) is 0 Å². The lowest BCUT2D eigenvalue weighted by Crippen LogP contribution is -2.46. The highest BCUT2D eigenvalue weighted by Crippen LogP contribution is 2.21. The van der Waals surface area contributed by atoms with E-state index in [1.165, 1.54) is 36.4 Å². The van der Waals surface area contributed by atoms with Crippen LogP contribution >= 0.6 is 12.4 Å². The highest BCUT2D eigenvalue weighted by atomic mass is 35.5. The number of esters is 2. The van der Waals surface area contributed by atoms with Crippen molar-refractivity contribution in [2.24, 2.45) is 0 Å². The molecule has 4 rings (SSSR count). The lowest BCUT2D eigenvalue weighted by Gasteiger charge is -2.17. The van der Waals surface area contributed by atoms with E-state index in [1.807, 2.05) is 0 Å². The molecule has 2 atom stereocenters. The summed E-state index contributed by atoms with van der Waals surface area (Å²) >= 11 is 0. The molecule has 55 heavy (non-hydrogen) atoms. The van der Waals surface area contributed by atoms with E-state index in [-0.39, 0.29) is 47.8 Å². The number of carbonyl (C=O) groups is 8. The van der Waals surface area contributed by atoms with E-state index in [4.69, 9.17) is 9.47 Å². The molecule has 4 aromatic rings. The molecule has 0 bridgehead atoms. The lowest BCUT2D eigenvalue weighted by atomic mass is 10.0. The number of carbonyl (C=O) groups excluding carboxylic acids is 8. The smallest absolute Gasteiger partial charge is 0.328 e. The van der Waals surface area contributed by atoms with Crippen LogP contribution in [0.2, 0.25) is 0 Å². The topological polar surface area (TPSA) is 203 Å². The van der Waals surface area contributed by atoms with Crippen molar-refractivity contribution < 1.29 is 47.8 Å². The van der Waals surface area contributed by atoms with Crippen LogP contribution in [0.5, 0.6) is 0 Å². The Kier molecular flexibility index (Phi) is 15.5. The fourth-order valence-electron chi connectivity index (χ4n) is 5.33. The normalized spacial score (nSPS) is 11.3. The van der Waals surface area contributed by atoms with Crippen molar-refractivity contribution in [1.29, 1.82) is 0 Å². The van der Waals surface area contributed by atoms with Crippen molar-refractivity contribution >= 4 is 70.9 Å². The summed E-state index contributed by atoms with van der Waals surface area (Å²) in [4.78, 5) is 104. The first-order valence-corrected chi connectivity index (χ1v) is 16.6. The summed E-state index contributed by atoms with van der Waals surface area (Å²) in [5.41, 5.74) is 1.57. The van der Waals surface area contributed by atoms with Crippen molar-refractivity contribution in [3.8, 4) is 0 Å². The highest BCUT2D eigenvalue weighted by molar-refractivity contribution is 6.48. The van der Waals surface area contributed by atoms with Crippen molar-refractivity contribution in [3.05, 3.63) is 130 Å². The Morgan fingerprint density at radius 2 is 0.855 bits per heavy atom. The molecule has 0 aromatic heterocycles. The zero-order valence-electron chi connectivity index (χ0n) is 30.3. The summed E-state index contributed by atoms with van der Waals surface area (Å²) in [5, 5.41) is 9.40. The highest BCUT2D eigenvalue weighted by Gasteiger charge is 2.30. The summed E-state index contributed by atoms with van der Waals surface area (Å²) in [6, 6.07) is 23.5. The molecule has 0 heterocycles. The molecule has 15 heteroatoms. The van der Waals surface area contributed by atoms with Gasteiger partial charge in [0.05, 0.1) is 36.7 Å². The number of ether oxygens (including phenoxy) is 2. The Morgan fingerprint density at radius 1 is 0.509 bits per heavy atom. The second-order valence-corrected chi connectivity index (χ2v) is 12.1. The maximum Gasteiger partial charge on any atom is 0.328 e. The van der Waals surface area contributed by atoms with E-state index in [9.17, 15) is 38.4 Å². The average Bonchev–Trinajstić information content (AvgIpc) is 3.18. The fraction of sp³-hybridized carbons (Fsp3) is 0.200. The van der Waals surface area contributed by atoms with Gasteiger partial charge in [-0.05, 0) is 49.2 Å². The van der Waals surface area contributed by atoms with E-state index in [2.05, 4.69) is 21.3 Å². The van der Waals surface area contributed by atoms with E-state index in [0.29, 0.717) is 22.3 Å². The van der Waals surface area contributed by atoms with Gasteiger partial charge in [0.25, 0.3) is 23.4 Å². The molecule has 0 saturated carbocycles. The number of nitrogens with one attached hydrogen (secondary N) is 4. The number of hydrogen-bond acceptors (Lipinski definition) is 10. The van der Waals surface area contributed by atoms with Crippen LogP contribution < -0.4 is 21.3 Å². The SMILES string of the molecule is COC(=O)[C@H](Cc1ccccc1)NC(=O)C(=O)c1cc(C)ccc1NC(=O)C(=O)Nc1ccc(C)cc1C(=O)C(=O)N[C@@H](Cc1ccccc1)C(=O)OC.Cl. The van der Waals surface area contributed by atoms with Gasteiger partial charge in [-0.15, -0.1) is 12.4 Å². The van der Waals surface area contributed by atoms with Crippen LogP contribution in [-0.2, 0) is 51.1 Å². The molecule has 0 saturated heterocycles. The van der Waals surface area contributed by atoms with Gasteiger partial charge in [-0.25, -0.2) is 9.59 Å². The molecule has 0 aliphatic heterocycles. The number of Topliss-reactive ketones (excluding diaryl/α,β-unsaturated/α-hetero) is 2. The van der Waals surface area contributed by atoms with Gasteiger partial charge in [0, 0.05) is 12.8 Å². The van der Waals surface area contributed by atoms with E-state index in [0.717, 1.165) is 14.2 Å². The van der Waals surface area contributed by atoms with Crippen LogP contribution in [0.4, 0.5) is 11.4 Å². The standard InChI is InChI=1S/C40H38N4O10.ClH/c1-23-15-17-29(27(19-23)33(45)35(47)43-31(39(51)53-3)21-25-11-7-5-8-12-25)41-37(49)38(50)42-30-18-16-24(2)20-28(30)34(46)36(48)44-32(40(52)54-4)22-26-13-9-6-10-14-26;/h5-20,31-32H,21-22H2,1-4H3,(H,41,49)(H,42,50)(H,43,47)(H,44,48);1H/t31-,32-;/m0./s1. The van der Waals surface area contributed by atoms with Crippen LogP contribution in [-0.4, -0.2) is 73.4 Å². The molecule has 4 N–H and O–H groups in total. The molecule has 0 aliphatic rings. The minimum absolute atomic E-state index is 0. The number of methoxy groups -OCH3 is 2. The van der Waals surface area contributed by atoms with E-state index >= 15 is 0 Å². The Bertz CT molecular complexity index is 1940. The Morgan fingerprint density at radius 3 is 1.18 bits per heavy atom. The monoisotopic (exact) mass is 770 g/mol. The van der Waals surface area contributed by atoms with Crippen LogP contribution in [0, 0.1) is 13.8 Å². The number of hydrogen-bond donors (Lipinski definition) is 4. The zero-order valence-corrected chi connectivity index (χ0v) is 31.1. The van der Waals surface area contributed by atoms with Gasteiger partial charge in [0.15, 0.2) is 0 Å². The summed E-state index contributed by atoms with van der Waals surface area (Å²) in [6.07, 6.45) is 0.0731. The summed E-state index contributed by atoms with van der Waals surface area (Å²) in [6.45, 7) is 3.28. The fourth-order valence-corrected chi connectivity index (χ4v) is 5.33. The molecule has 286 valence electrons. The molecule has 0 radical (unpaired) electrons. The molecule has 0 spiro atoms. The molecule has 0 fully saturated rings. The van der Waals surface area contributed by atoms with Crippen molar-refractivity contribution in [2.75, 3.05) is 24.9 Å². The second kappa shape index (κ2) is 20.0. The summed E-state index contributed by atoms with van der Waals surface area (Å²) in [5.74, 6) is -8.65. The van der Waals surface area contributed by atoms with Crippen LogP contribution in [0.1, 0.15) is 43.0 Å². The Balaban J connectivity index is 0.00000812. The van der Waals surface area contributed by atoms with E-state index < -0.39 is 59.2 Å². The van der Waals surface area contributed by atoms with Gasteiger partial charge in [0.2, 0.25) is 0 Å². The van der Waals surface area contributed by atoms with Gasteiger partial charge in [-0.1, -0.05) is 83.9 Å². The Hall–Kier alpha value is -6.67. The van der Waals surface area contributed by atoms with E-state index in [1.54, 1.807) is 74.5 Å². The number of ketones is 2. The first-order chi connectivity index (χ1) is 25.8. The number of aryl methyl sites for hydroxylation is 2. The zero-order chi connectivity index (χ0) is 39.4. The lowest BCUT2D eigenvalue weighted by molar-refractivity contribution is -0.145. The molecule has 14 nitrogen and oxygen atoms in total. The molecule has 4 aromatic carbocycles. The van der Waals surface area contributed by atoms with Crippen LogP contribution in [0.15, 0.2) is 97.1 Å². The number of halogens is 1. The summed E-state index contributed by atoms with van der Waals surface area (Å²) in [7, 11) is 2.29. The second-order valence-electron chi connectivity index (χ2n) is 12.1. The number of anilines is 2. The predicted octanol–water partition coefficient (Wildman–Crippen LogP) is 3.47. The summed E-state index contributed by atoms with van der Waals surface area (Å²) < 4.78 is 9.62. The molecular formula is C40H39ClN4O10. The van der Waals surface area contributed by atoms with Crippen molar-refractivity contribution in [2.45, 2.75) is 38.8 Å². The quantitative estimate of drug-likeness (QED) is 0.0836. The molecular weight excluding hydrogens is 732 g/mol. The van der Waals surface area contributed by atoms with Crippen molar-refractivity contribution in [1.82, 2.24) is 10.6 Å². The number of rotatable bonds is 14. The van der Waals surface area contributed by atoms with Crippen LogP contribution in [0.25, 0.3) is 0 Å². The van der Waals surface area contributed by atoms with Gasteiger partial charge in [-0.2, -0.15) is 0 Å².